The molecule has 0 amide bonds. The van der Waals surface area contributed by atoms with E-state index in [0.717, 1.165) is 37.2 Å². The van der Waals surface area contributed by atoms with Gasteiger partial charge < -0.3 is 4.74 Å². The van der Waals surface area contributed by atoms with Gasteiger partial charge in [-0.15, -0.1) is 0 Å². The highest BCUT2D eigenvalue weighted by atomic mass is 16.5. The van der Waals surface area contributed by atoms with E-state index in [-0.39, 0.29) is 0 Å². The number of benzene rings is 1. The van der Waals surface area contributed by atoms with Gasteiger partial charge in [-0.3, -0.25) is 0 Å². The Hall–Kier alpha value is -2.26. The molecule has 1 fully saturated rings. The summed E-state index contributed by atoms with van der Waals surface area (Å²) >= 11 is 0. The van der Waals surface area contributed by atoms with E-state index in [1.165, 1.54) is 64.2 Å². The highest BCUT2D eigenvalue weighted by molar-refractivity contribution is 5.57. The van der Waals surface area contributed by atoms with Crippen molar-refractivity contribution in [2.75, 3.05) is 6.61 Å². The Morgan fingerprint density at radius 1 is 0.875 bits per heavy atom. The quantitative estimate of drug-likeness (QED) is 0.219. The molecule has 0 N–H and O–H groups in total. The van der Waals surface area contributed by atoms with Crippen molar-refractivity contribution >= 4 is 0 Å². The van der Waals surface area contributed by atoms with E-state index < -0.39 is 0 Å². The first-order valence-electron chi connectivity index (χ1n) is 13.0. The number of ether oxygens (including phenoxy) is 1. The lowest BCUT2D eigenvalue weighted by Crippen LogP contribution is -2.13. The van der Waals surface area contributed by atoms with Crippen LogP contribution in [0.2, 0.25) is 0 Å². The highest BCUT2D eigenvalue weighted by Gasteiger charge is 2.19. The molecule has 3 heteroatoms. The topological polar surface area (TPSA) is 56.8 Å². The minimum Gasteiger partial charge on any atom is -0.488 e. The zero-order valence-corrected chi connectivity index (χ0v) is 20.4. The largest absolute Gasteiger partial charge is 0.488 e. The minimum atomic E-state index is 0.384. The van der Waals surface area contributed by atoms with Crippen molar-refractivity contribution in [1.29, 1.82) is 10.5 Å². The van der Waals surface area contributed by atoms with E-state index >= 15 is 0 Å². The molecular weight excluding hydrogens is 392 g/mol. The summed E-state index contributed by atoms with van der Waals surface area (Å²) in [7, 11) is 0. The van der Waals surface area contributed by atoms with Gasteiger partial charge in [0.15, 0.2) is 0 Å². The van der Waals surface area contributed by atoms with E-state index in [1.54, 1.807) is 0 Å². The molecular formula is C29H42N2O. The number of hydrogen-bond acceptors (Lipinski definition) is 3. The van der Waals surface area contributed by atoms with E-state index in [4.69, 9.17) is 4.74 Å². The normalized spacial score (nSPS) is 18.4. The zero-order valence-electron chi connectivity index (χ0n) is 20.4. The Bertz CT molecular complexity index is 776. The minimum absolute atomic E-state index is 0.384. The summed E-state index contributed by atoms with van der Waals surface area (Å²) in [5, 5.41) is 19.2. The molecule has 1 aliphatic carbocycles. The summed E-state index contributed by atoms with van der Waals surface area (Å²) < 4.78 is 5.89. The van der Waals surface area contributed by atoms with Crippen LogP contribution in [0.4, 0.5) is 0 Å². The lowest BCUT2D eigenvalue weighted by atomic mass is 9.79. The molecule has 174 valence electrons. The van der Waals surface area contributed by atoms with Crippen LogP contribution >= 0.6 is 0 Å². The third kappa shape index (κ3) is 8.70. The van der Waals surface area contributed by atoms with Gasteiger partial charge in [0.2, 0.25) is 0 Å². The van der Waals surface area contributed by atoms with Gasteiger partial charge in [0, 0.05) is 0 Å². The molecule has 1 aromatic carbocycles. The molecule has 3 nitrogen and oxygen atoms in total. The fraction of sp³-hybridized carbons (Fsp3) is 0.655. The Labute approximate surface area is 196 Å². The lowest BCUT2D eigenvalue weighted by molar-refractivity contribution is 0.287. The predicted molar refractivity (Wildman–Crippen MR) is 133 cm³/mol. The molecule has 0 aliphatic heterocycles. The average molecular weight is 435 g/mol. The molecule has 0 radical (unpaired) electrons. The second kappa shape index (κ2) is 15.5. The first-order chi connectivity index (χ1) is 15.7. The number of nitrogens with zero attached hydrogens (tertiary/aromatic N) is 2. The summed E-state index contributed by atoms with van der Waals surface area (Å²) in [6, 6.07) is 8.25. The van der Waals surface area contributed by atoms with Crippen LogP contribution < -0.4 is 4.74 Å². The van der Waals surface area contributed by atoms with Crippen molar-refractivity contribution in [3.8, 4) is 17.9 Å². The number of hydrogen-bond donors (Lipinski definition) is 0. The van der Waals surface area contributed by atoms with Gasteiger partial charge in [0.1, 0.15) is 30.1 Å². The second-order valence-electron chi connectivity index (χ2n) is 9.38. The van der Waals surface area contributed by atoms with Crippen LogP contribution in [0.15, 0.2) is 24.3 Å². The summed E-state index contributed by atoms with van der Waals surface area (Å²) in [5.41, 5.74) is 1.83. The van der Waals surface area contributed by atoms with Gasteiger partial charge in [-0.25, -0.2) is 0 Å². The molecule has 1 aliphatic rings. The highest BCUT2D eigenvalue weighted by Crippen LogP contribution is 2.33. The van der Waals surface area contributed by atoms with Crippen LogP contribution in [0, 0.1) is 34.5 Å². The third-order valence-corrected chi connectivity index (χ3v) is 6.88. The monoisotopic (exact) mass is 434 g/mol. The van der Waals surface area contributed by atoms with Gasteiger partial charge >= 0.3 is 0 Å². The summed E-state index contributed by atoms with van der Waals surface area (Å²) in [5.74, 6) is 2.11. The average Bonchev–Trinajstić information content (AvgIpc) is 2.82. The first kappa shape index (κ1) is 26.0. The van der Waals surface area contributed by atoms with Gasteiger partial charge in [-0.2, -0.15) is 10.5 Å². The molecule has 0 spiro atoms. The van der Waals surface area contributed by atoms with Crippen LogP contribution in [-0.4, -0.2) is 6.61 Å². The predicted octanol–water partition coefficient (Wildman–Crippen LogP) is 8.26. The van der Waals surface area contributed by atoms with E-state index in [1.807, 2.05) is 12.1 Å². The Morgan fingerprint density at radius 3 is 2.25 bits per heavy atom. The number of rotatable bonds is 14. The van der Waals surface area contributed by atoms with Crippen molar-refractivity contribution < 1.29 is 4.74 Å². The molecule has 0 atom stereocenters. The van der Waals surface area contributed by atoms with Crippen molar-refractivity contribution in [3.05, 3.63) is 41.0 Å². The van der Waals surface area contributed by atoms with Crippen molar-refractivity contribution in [2.45, 2.75) is 104 Å². The van der Waals surface area contributed by atoms with Gasteiger partial charge in [-0.05, 0) is 62.0 Å². The molecule has 32 heavy (non-hydrogen) atoms. The molecule has 1 aromatic rings. The molecule has 2 rings (SSSR count). The third-order valence-electron chi connectivity index (χ3n) is 6.88. The maximum Gasteiger partial charge on any atom is 0.138 e. The van der Waals surface area contributed by atoms with Crippen LogP contribution in [-0.2, 0) is 6.42 Å². The van der Waals surface area contributed by atoms with Crippen molar-refractivity contribution in [3.63, 3.8) is 0 Å². The summed E-state index contributed by atoms with van der Waals surface area (Å²) in [6.07, 6.45) is 22.2. The fourth-order valence-electron chi connectivity index (χ4n) is 4.85. The smallest absolute Gasteiger partial charge is 0.138 e. The number of nitriles is 2. The zero-order chi connectivity index (χ0) is 23.0. The number of unbranched alkanes of at least 4 members (excludes halogenated alkanes) is 6. The van der Waals surface area contributed by atoms with E-state index in [0.29, 0.717) is 29.4 Å². The Kier molecular flexibility index (Phi) is 12.6. The standard InChI is InChI=1S/C29H42N2O/c1-3-5-7-8-10-12-24-15-17-25(18-16-24)13-11-21-32-29-20-19-26(14-9-6-4-2)27(22-30)28(29)23-31/h11,13,19-20,24-25H,3-10,12,14-18,21H2,1-2H3/b13-11+/t24-,25-. The Morgan fingerprint density at radius 2 is 1.56 bits per heavy atom. The molecule has 0 heterocycles. The second-order valence-corrected chi connectivity index (χ2v) is 9.38. The first-order valence-corrected chi connectivity index (χ1v) is 13.0. The summed E-state index contributed by atoms with van der Waals surface area (Å²) in [4.78, 5) is 0. The molecule has 0 saturated heterocycles. The van der Waals surface area contributed by atoms with E-state index in [9.17, 15) is 10.5 Å². The molecule has 0 unspecified atom stereocenters. The van der Waals surface area contributed by atoms with Gasteiger partial charge in [0.05, 0.1) is 5.56 Å². The molecule has 0 bridgehead atoms. The Balaban J connectivity index is 1.77. The number of allylic oxidation sites excluding steroid dienone is 1. The van der Waals surface area contributed by atoms with Crippen molar-refractivity contribution in [2.24, 2.45) is 11.8 Å². The van der Waals surface area contributed by atoms with Crippen LogP contribution in [0.25, 0.3) is 0 Å². The van der Waals surface area contributed by atoms with Crippen LogP contribution in [0.3, 0.4) is 0 Å². The fourth-order valence-corrected chi connectivity index (χ4v) is 4.85. The maximum absolute atomic E-state index is 9.62. The maximum atomic E-state index is 9.62. The molecule has 1 saturated carbocycles. The van der Waals surface area contributed by atoms with Gasteiger partial charge in [-0.1, -0.05) is 83.4 Å². The molecule has 0 aromatic heterocycles. The lowest BCUT2D eigenvalue weighted by Gasteiger charge is -2.26. The SMILES string of the molecule is CCCCCCC[C@H]1CC[C@H](/C=C/COc2ccc(CCCCC)c(C#N)c2C#N)CC1. The van der Waals surface area contributed by atoms with Crippen molar-refractivity contribution in [1.82, 2.24) is 0 Å². The summed E-state index contributed by atoms with van der Waals surface area (Å²) in [6.45, 7) is 4.89. The number of aryl methyl sites for hydroxylation is 1. The van der Waals surface area contributed by atoms with Crippen LogP contribution in [0.1, 0.15) is 114 Å². The van der Waals surface area contributed by atoms with Gasteiger partial charge in [0.25, 0.3) is 0 Å². The van der Waals surface area contributed by atoms with Crippen LogP contribution in [0.5, 0.6) is 5.75 Å². The van der Waals surface area contributed by atoms with E-state index in [2.05, 4.69) is 38.1 Å².